The molecule has 0 fully saturated rings. The molecule has 0 spiro atoms. The number of aryl methyl sites for hydroxylation is 1. The fraction of sp³-hybridized carbons (Fsp3) is 0.364. The van der Waals surface area contributed by atoms with Crippen molar-refractivity contribution in [1.29, 1.82) is 0 Å². The van der Waals surface area contributed by atoms with E-state index in [2.05, 4.69) is 19.2 Å². The second-order valence-corrected chi connectivity index (χ2v) is 6.56. The molecule has 0 radical (unpaired) electrons. The summed E-state index contributed by atoms with van der Waals surface area (Å²) in [6.07, 6.45) is 1.15. The van der Waals surface area contributed by atoms with Crippen LogP contribution in [0.4, 0.5) is 5.69 Å². The Labute approximate surface area is 160 Å². The number of anilines is 1. The van der Waals surface area contributed by atoms with Crippen LogP contribution >= 0.6 is 0 Å². The lowest BCUT2D eigenvalue weighted by molar-refractivity contribution is -0.147. The maximum atomic E-state index is 11.9. The summed E-state index contributed by atoms with van der Waals surface area (Å²) < 4.78 is 10.5. The van der Waals surface area contributed by atoms with Gasteiger partial charge < -0.3 is 14.8 Å². The highest BCUT2D eigenvalue weighted by atomic mass is 16.5. The van der Waals surface area contributed by atoms with E-state index in [4.69, 9.17) is 9.47 Å². The number of benzene rings is 2. The van der Waals surface area contributed by atoms with Gasteiger partial charge in [-0.3, -0.25) is 9.59 Å². The molecule has 2 aromatic rings. The standard InChI is InChI=1S/C22H27NO4/c1-4-17(3)18-8-10-19(11-9-18)23-21(24)15-27-22(25)12-13-26-20-7-5-6-16(2)14-20/h5-11,14,17H,4,12-13,15H2,1-3H3,(H,23,24)/t17-/m1/s1. The van der Waals surface area contributed by atoms with E-state index in [-0.39, 0.29) is 25.5 Å². The van der Waals surface area contributed by atoms with E-state index in [1.54, 1.807) is 0 Å². The Kier molecular flexibility index (Phi) is 7.86. The van der Waals surface area contributed by atoms with Crippen molar-refractivity contribution < 1.29 is 19.1 Å². The molecule has 2 rings (SSSR count). The number of carbonyl (C=O) groups is 2. The Morgan fingerprint density at radius 2 is 1.85 bits per heavy atom. The normalized spacial score (nSPS) is 11.5. The van der Waals surface area contributed by atoms with Crippen LogP contribution in [-0.4, -0.2) is 25.1 Å². The van der Waals surface area contributed by atoms with E-state index in [9.17, 15) is 9.59 Å². The Bertz CT molecular complexity index is 755. The Morgan fingerprint density at radius 3 is 2.52 bits per heavy atom. The molecule has 1 atom stereocenters. The lowest BCUT2D eigenvalue weighted by Gasteiger charge is -2.11. The summed E-state index contributed by atoms with van der Waals surface area (Å²) in [5.41, 5.74) is 3.00. The molecule has 2 aromatic carbocycles. The van der Waals surface area contributed by atoms with Crippen molar-refractivity contribution in [3.63, 3.8) is 0 Å². The average molecular weight is 369 g/mol. The van der Waals surface area contributed by atoms with Crippen molar-refractivity contribution in [3.8, 4) is 5.75 Å². The predicted molar refractivity (Wildman–Crippen MR) is 106 cm³/mol. The Balaban J connectivity index is 1.68. The number of hydrogen-bond donors (Lipinski definition) is 1. The minimum Gasteiger partial charge on any atom is -0.493 e. The van der Waals surface area contributed by atoms with Gasteiger partial charge >= 0.3 is 5.97 Å². The summed E-state index contributed by atoms with van der Waals surface area (Å²) in [4.78, 5) is 23.6. The van der Waals surface area contributed by atoms with Crippen molar-refractivity contribution in [2.75, 3.05) is 18.5 Å². The molecule has 1 amide bonds. The largest absolute Gasteiger partial charge is 0.493 e. The summed E-state index contributed by atoms with van der Waals surface area (Å²) in [5, 5.41) is 2.72. The Morgan fingerprint density at radius 1 is 1.11 bits per heavy atom. The fourth-order valence-electron chi connectivity index (χ4n) is 2.50. The van der Waals surface area contributed by atoms with Gasteiger partial charge in [0.1, 0.15) is 5.75 Å². The van der Waals surface area contributed by atoms with Gasteiger partial charge in [0, 0.05) is 5.69 Å². The van der Waals surface area contributed by atoms with Gasteiger partial charge in [-0.05, 0) is 54.7 Å². The fourth-order valence-corrected chi connectivity index (χ4v) is 2.50. The van der Waals surface area contributed by atoms with Gasteiger partial charge in [-0.2, -0.15) is 0 Å². The molecule has 27 heavy (non-hydrogen) atoms. The van der Waals surface area contributed by atoms with Gasteiger partial charge in [-0.15, -0.1) is 0 Å². The molecule has 0 unspecified atom stereocenters. The highest BCUT2D eigenvalue weighted by Gasteiger charge is 2.09. The van der Waals surface area contributed by atoms with Crippen molar-refractivity contribution in [2.45, 2.75) is 39.5 Å². The van der Waals surface area contributed by atoms with Gasteiger partial charge in [0.2, 0.25) is 0 Å². The first kappa shape index (κ1) is 20.5. The maximum Gasteiger partial charge on any atom is 0.309 e. The summed E-state index contributed by atoms with van der Waals surface area (Å²) in [7, 11) is 0. The van der Waals surface area contributed by atoms with Crippen LogP contribution in [0, 0.1) is 6.92 Å². The van der Waals surface area contributed by atoms with Crippen LogP contribution < -0.4 is 10.1 Å². The van der Waals surface area contributed by atoms with Crippen LogP contribution in [0.5, 0.6) is 5.75 Å². The van der Waals surface area contributed by atoms with Gasteiger partial charge in [-0.1, -0.05) is 38.1 Å². The second kappa shape index (κ2) is 10.4. The molecular formula is C22H27NO4. The summed E-state index contributed by atoms with van der Waals surface area (Å²) in [5.74, 6) is 0.364. The second-order valence-electron chi connectivity index (χ2n) is 6.56. The third-order valence-electron chi connectivity index (χ3n) is 4.30. The number of esters is 1. The zero-order valence-corrected chi connectivity index (χ0v) is 16.2. The van der Waals surface area contributed by atoms with Gasteiger partial charge in [-0.25, -0.2) is 0 Å². The Hall–Kier alpha value is -2.82. The molecule has 5 heteroatoms. The number of ether oxygens (including phenoxy) is 2. The van der Waals surface area contributed by atoms with Crippen LogP contribution in [0.25, 0.3) is 0 Å². The first-order valence-electron chi connectivity index (χ1n) is 9.23. The van der Waals surface area contributed by atoms with Crippen LogP contribution in [0.1, 0.15) is 43.7 Å². The molecule has 0 aromatic heterocycles. The highest BCUT2D eigenvalue weighted by Crippen LogP contribution is 2.20. The number of hydrogen-bond acceptors (Lipinski definition) is 4. The van der Waals surface area contributed by atoms with E-state index >= 15 is 0 Å². The summed E-state index contributed by atoms with van der Waals surface area (Å²) in [6, 6.07) is 15.3. The first-order valence-corrected chi connectivity index (χ1v) is 9.23. The first-order chi connectivity index (χ1) is 13.0. The lowest BCUT2D eigenvalue weighted by Crippen LogP contribution is -2.21. The van der Waals surface area contributed by atoms with E-state index in [0.717, 1.165) is 12.0 Å². The third kappa shape index (κ3) is 7.13. The van der Waals surface area contributed by atoms with Crippen molar-refractivity contribution in [3.05, 3.63) is 59.7 Å². The quantitative estimate of drug-likeness (QED) is 0.663. The van der Waals surface area contributed by atoms with E-state index in [1.165, 1.54) is 5.56 Å². The number of carbonyl (C=O) groups excluding carboxylic acids is 2. The molecule has 0 aliphatic rings. The SMILES string of the molecule is CC[C@@H](C)c1ccc(NC(=O)COC(=O)CCOc2cccc(C)c2)cc1. The molecule has 0 saturated heterocycles. The monoisotopic (exact) mass is 369 g/mol. The van der Waals surface area contributed by atoms with Gasteiger partial charge in [0.05, 0.1) is 13.0 Å². The average Bonchev–Trinajstić information content (AvgIpc) is 2.66. The van der Waals surface area contributed by atoms with Crippen molar-refractivity contribution >= 4 is 17.6 Å². The van der Waals surface area contributed by atoms with Crippen LogP contribution in [-0.2, 0) is 14.3 Å². The van der Waals surface area contributed by atoms with Crippen LogP contribution in [0.2, 0.25) is 0 Å². The molecule has 1 N–H and O–H groups in total. The molecule has 0 heterocycles. The summed E-state index contributed by atoms with van der Waals surface area (Å²) in [6.45, 7) is 6.17. The van der Waals surface area contributed by atoms with Gasteiger partial charge in [0.15, 0.2) is 6.61 Å². The summed E-state index contributed by atoms with van der Waals surface area (Å²) >= 11 is 0. The number of nitrogens with one attached hydrogen (secondary N) is 1. The highest BCUT2D eigenvalue weighted by molar-refractivity contribution is 5.92. The third-order valence-corrected chi connectivity index (χ3v) is 4.30. The van der Waals surface area contributed by atoms with Crippen LogP contribution in [0.15, 0.2) is 48.5 Å². The zero-order chi connectivity index (χ0) is 19.6. The van der Waals surface area contributed by atoms with Gasteiger partial charge in [0.25, 0.3) is 5.91 Å². The number of rotatable bonds is 9. The smallest absolute Gasteiger partial charge is 0.309 e. The van der Waals surface area contributed by atoms with E-state index < -0.39 is 5.97 Å². The van der Waals surface area contributed by atoms with E-state index in [0.29, 0.717) is 17.4 Å². The molecule has 0 aliphatic carbocycles. The van der Waals surface area contributed by atoms with Crippen molar-refractivity contribution in [1.82, 2.24) is 0 Å². The molecular weight excluding hydrogens is 342 g/mol. The predicted octanol–water partition coefficient (Wildman–Crippen LogP) is 4.46. The molecule has 5 nitrogen and oxygen atoms in total. The number of amides is 1. The minimum atomic E-state index is -0.468. The maximum absolute atomic E-state index is 11.9. The van der Waals surface area contributed by atoms with E-state index in [1.807, 2.05) is 55.5 Å². The lowest BCUT2D eigenvalue weighted by atomic mass is 9.99. The molecule has 144 valence electrons. The topological polar surface area (TPSA) is 64.6 Å². The molecule has 0 saturated carbocycles. The molecule has 0 bridgehead atoms. The minimum absolute atomic E-state index is 0.0881. The van der Waals surface area contributed by atoms with Crippen LogP contribution in [0.3, 0.4) is 0 Å². The zero-order valence-electron chi connectivity index (χ0n) is 16.2. The van der Waals surface area contributed by atoms with Crippen molar-refractivity contribution in [2.24, 2.45) is 0 Å². The molecule has 0 aliphatic heterocycles.